The summed E-state index contributed by atoms with van der Waals surface area (Å²) in [6.07, 6.45) is 3.30. The van der Waals surface area contributed by atoms with Gasteiger partial charge >= 0.3 is 0 Å². The number of nitrogens with two attached hydrogens (primary N) is 1. The Balaban J connectivity index is 1.83. The monoisotopic (exact) mass is 267 g/mol. The average molecular weight is 267 g/mol. The van der Waals surface area contributed by atoms with Crippen molar-refractivity contribution >= 4 is 11.7 Å². The first-order valence-corrected chi connectivity index (χ1v) is 6.11. The molecule has 0 unspecified atom stereocenters. The molecule has 3 rings (SSSR count). The highest BCUT2D eigenvalue weighted by atomic mass is 15.5. The van der Waals surface area contributed by atoms with E-state index in [1.807, 2.05) is 24.3 Å². The predicted molar refractivity (Wildman–Crippen MR) is 75.7 cm³/mol. The van der Waals surface area contributed by atoms with E-state index in [0.29, 0.717) is 24.0 Å². The Morgan fingerprint density at radius 1 is 0.900 bits per heavy atom. The van der Waals surface area contributed by atoms with Crippen molar-refractivity contribution in [2.24, 2.45) is 15.9 Å². The molecule has 0 saturated heterocycles. The molecule has 0 bridgehead atoms. The Kier molecular flexibility index (Phi) is 3.34. The number of aromatic nitrogens is 2. The summed E-state index contributed by atoms with van der Waals surface area (Å²) >= 11 is 0. The van der Waals surface area contributed by atoms with Crippen LogP contribution >= 0.6 is 0 Å². The molecule has 1 aliphatic heterocycles. The second-order valence-electron chi connectivity index (χ2n) is 4.12. The van der Waals surface area contributed by atoms with Crippen molar-refractivity contribution in [3.8, 4) is 0 Å². The fourth-order valence-corrected chi connectivity index (χ4v) is 1.72. The Labute approximate surface area is 115 Å². The number of hydrazine groups is 1. The molecule has 0 amide bonds. The van der Waals surface area contributed by atoms with E-state index >= 15 is 0 Å². The van der Waals surface area contributed by atoms with E-state index in [9.17, 15) is 0 Å². The second-order valence-corrected chi connectivity index (χ2v) is 4.12. The van der Waals surface area contributed by atoms with Crippen molar-refractivity contribution < 1.29 is 0 Å². The molecule has 0 saturated carbocycles. The van der Waals surface area contributed by atoms with Gasteiger partial charge in [0.2, 0.25) is 5.84 Å². The minimum absolute atomic E-state index is 0.480. The molecule has 0 aliphatic carbocycles. The quantitative estimate of drug-likeness (QED) is 0.735. The number of nitrogens with zero attached hydrogens (tertiary/aromatic N) is 4. The molecule has 0 spiro atoms. The van der Waals surface area contributed by atoms with Crippen molar-refractivity contribution in [3.05, 3.63) is 59.7 Å². The zero-order chi connectivity index (χ0) is 13.8. The van der Waals surface area contributed by atoms with Crippen LogP contribution in [0, 0.1) is 0 Å². The van der Waals surface area contributed by atoms with Crippen LogP contribution in [0.3, 0.4) is 0 Å². The van der Waals surface area contributed by atoms with Crippen molar-refractivity contribution in [1.29, 1.82) is 0 Å². The van der Waals surface area contributed by atoms with E-state index in [0.717, 1.165) is 11.1 Å². The van der Waals surface area contributed by atoms with Crippen LogP contribution in [0.15, 0.2) is 52.9 Å². The van der Waals surface area contributed by atoms with E-state index < -0.39 is 0 Å². The van der Waals surface area contributed by atoms with Crippen LogP contribution < -0.4 is 16.6 Å². The molecule has 0 atom stereocenters. The van der Waals surface area contributed by atoms with Gasteiger partial charge in [-0.3, -0.25) is 10.9 Å². The van der Waals surface area contributed by atoms with Crippen LogP contribution in [-0.2, 0) is 6.54 Å². The smallest absolute Gasteiger partial charge is 0.212 e. The summed E-state index contributed by atoms with van der Waals surface area (Å²) in [4.78, 5) is 8.19. The van der Waals surface area contributed by atoms with Crippen LogP contribution in [0.1, 0.15) is 17.0 Å². The summed E-state index contributed by atoms with van der Waals surface area (Å²) in [5, 5.41) is 8.21. The lowest BCUT2D eigenvalue weighted by molar-refractivity contribution is 0.815. The van der Waals surface area contributed by atoms with Gasteiger partial charge < -0.3 is 5.73 Å². The number of amidine groups is 2. The van der Waals surface area contributed by atoms with Gasteiger partial charge in [0.15, 0.2) is 11.7 Å². The van der Waals surface area contributed by atoms with Crippen molar-refractivity contribution in [3.63, 3.8) is 0 Å². The molecule has 2 aromatic rings. The first kappa shape index (κ1) is 12.2. The molecule has 0 fully saturated rings. The Morgan fingerprint density at radius 3 is 2.15 bits per heavy atom. The van der Waals surface area contributed by atoms with Crippen molar-refractivity contribution in [2.45, 2.75) is 6.54 Å². The minimum Gasteiger partial charge on any atom is -0.326 e. The maximum Gasteiger partial charge on any atom is 0.212 e. The normalized spacial score (nSPS) is 13.8. The average Bonchev–Trinajstić information content (AvgIpc) is 2.56. The van der Waals surface area contributed by atoms with Crippen LogP contribution in [0.5, 0.6) is 0 Å². The molecule has 1 aromatic heterocycles. The van der Waals surface area contributed by atoms with Gasteiger partial charge in [-0.2, -0.15) is 0 Å². The molecule has 4 N–H and O–H groups in total. The number of nitrogens with one attached hydrogen (secondary N) is 2. The predicted octanol–water partition coefficient (Wildman–Crippen LogP) is 0.151. The lowest BCUT2D eigenvalue weighted by Crippen LogP contribution is -2.45. The van der Waals surface area contributed by atoms with Gasteiger partial charge in [0, 0.05) is 24.5 Å². The Hall–Kier alpha value is -2.80. The number of hydrogen-bond acceptors (Lipinski definition) is 7. The van der Waals surface area contributed by atoms with Crippen LogP contribution in [0.25, 0.3) is 0 Å². The fraction of sp³-hybridized carbons (Fsp3) is 0.0769. The van der Waals surface area contributed by atoms with Crippen molar-refractivity contribution in [2.75, 3.05) is 0 Å². The van der Waals surface area contributed by atoms with Gasteiger partial charge in [-0.1, -0.05) is 24.3 Å². The number of benzene rings is 1. The topological polar surface area (TPSA) is 101 Å². The molecule has 100 valence electrons. The molecule has 0 radical (unpaired) electrons. The lowest BCUT2D eigenvalue weighted by Gasteiger charge is -2.16. The van der Waals surface area contributed by atoms with Gasteiger partial charge in [0.25, 0.3) is 0 Å². The fourth-order valence-electron chi connectivity index (χ4n) is 1.72. The summed E-state index contributed by atoms with van der Waals surface area (Å²) in [6.45, 7) is 0.520. The zero-order valence-electron chi connectivity index (χ0n) is 10.6. The Bertz CT molecular complexity index is 646. The van der Waals surface area contributed by atoms with Crippen LogP contribution in [0.4, 0.5) is 0 Å². The lowest BCUT2D eigenvalue weighted by atomic mass is 10.1. The molecule has 1 aliphatic rings. The largest absolute Gasteiger partial charge is 0.326 e. The molecule has 7 heteroatoms. The molecular formula is C13H13N7. The number of hydrogen-bond donors (Lipinski definition) is 3. The van der Waals surface area contributed by atoms with E-state index in [-0.39, 0.29) is 0 Å². The van der Waals surface area contributed by atoms with E-state index in [4.69, 9.17) is 5.73 Å². The third kappa shape index (κ3) is 2.47. The first-order valence-electron chi connectivity index (χ1n) is 6.11. The maximum absolute atomic E-state index is 5.57. The van der Waals surface area contributed by atoms with E-state index in [1.54, 1.807) is 18.5 Å². The van der Waals surface area contributed by atoms with Gasteiger partial charge in [0.1, 0.15) is 0 Å². The van der Waals surface area contributed by atoms with Gasteiger partial charge in [-0.25, -0.2) is 9.97 Å². The molecule has 1 aromatic carbocycles. The Morgan fingerprint density at radius 2 is 1.55 bits per heavy atom. The van der Waals surface area contributed by atoms with Gasteiger partial charge in [-0.15, -0.1) is 10.2 Å². The summed E-state index contributed by atoms with van der Waals surface area (Å²) in [6, 6.07) is 9.54. The van der Waals surface area contributed by atoms with E-state index in [1.165, 1.54) is 0 Å². The van der Waals surface area contributed by atoms with Crippen LogP contribution in [0.2, 0.25) is 0 Å². The second kappa shape index (κ2) is 5.45. The summed E-state index contributed by atoms with van der Waals surface area (Å²) < 4.78 is 0. The van der Waals surface area contributed by atoms with Crippen molar-refractivity contribution in [1.82, 2.24) is 20.8 Å². The minimum atomic E-state index is 0.480. The molecular weight excluding hydrogens is 254 g/mol. The SMILES string of the molecule is NCc1ccc(C2=NN=C(c3ncccn3)NN2)cc1. The third-order valence-electron chi connectivity index (χ3n) is 2.79. The maximum atomic E-state index is 5.57. The summed E-state index contributed by atoms with van der Waals surface area (Å²) in [7, 11) is 0. The molecule has 2 heterocycles. The zero-order valence-corrected chi connectivity index (χ0v) is 10.6. The summed E-state index contributed by atoms with van der Waals surface area (Å²) in [5.74, 6) is 1.60. The third-order valence-corrected chi connectivity index (χ3v) is 2.79. The van der Waals surface area contributed by atoms with Gasteiger partial charge in [0.05, 0.1) is 0 Å². The highest BCUT2D eigenvalue weighted by molar-refractivity contribution is 6.04. The highest BCUT2D eigenvalue weighted by Gasteiger charge is 2.13. The summed E-state index contributed by atoms with van der Waals surface area (Å²) in [5.41, 5.74) is 13.5. The standard InChI is InChI=1S/C13H13N7/c14-8-9-2-4-10(5-3-9)11-17-19-13(20-18-11)12-15-6-1-7-16-12/h1-7H,8,14H2,(H,17,18)(H,19,20). The molecule has 20 heavy (non-hydrogen) atoms. The van der Waals surface area contributed by atoms with E-state index in [2.05, 4.69) is 31.0 Å². The van der Waals surface area contributed by atoms with Crippen LogP contribution in [-0.4, -0.2) is 21.6 Å². The first-order chi connectivity index (χ1) is 9.86. The van der Waals surface area contributed by atoms with Gasteiger partial charge in [-0.05, 0) is 11.6 Å². The molecule has 7 nitrogen and oxygen atoms in total. The number of rotatable bonds is 3. The highest BCUT2D eigenvalue weighted by Crippen LogP contribution is 2.06.